The molecule has 5 heteroatoms. The van der Waals surface area contributed by atoms with Gasteiger partial charge < -0.3 is 10.6 Å². The van der Waals surface area contributed by atoms with Crippen molar-refractivity contribution in [2.75, 3.05) is 11.9 Å². The van der Waals surface area contributed by atoms with Crippen LogP contribution in [0, 0.1) is 11.3 Å². The average Bonchev–Trinajstić information content (AvgIpc) is 2.48. The molecule has 19 heavy (non-hydrogen) atoms. The lowest BCUT2D eigenvalue weighted by atomic mass is 9.99. The van der Waals surface area contributed by atoms with Gasteiger partial charge in [-0.15, -0.1) is 0 Å². The minimum absolute atomic E-state index is 0.314. The Kier molecular flexibility index (Phi) is 3.09. The first-order valence-corrected chi connectivity index (χ1v) is 6.18. The summed E-state index contributed by atoms with van der Waals surface area (Å²) in [5.41, 5.74) is 3.90. The zero-order chi connectivity index (χ0) is 13.1. The summed E-state index contributed by atoms with van der Waals surface area (Å²) in [4.78, 5) is 8.19. The number of anilines is 2. The Labute approximate surface area is 111 Å². The van der Waals surface area contributed by atoms with Gasteiger partial charge in [-0.1, -0.05) is 12.1 Å². The number of rotatable bonds is 2. The molecule has 0 saturated heterocycles. The summed E-state index contributed by atoms with van der Waals surface area (Å²) in [6, 6.07) is 8.19. The first-order chi connectivity index (χ1) is 9.38. The van der Waals surface area contributed by atoms with Crippen LogP contribution < -0.4 is 10.6 Å². The van der Waals surface area contributed by atoms with E-state index >= 15 is 0 Å². The van der Waals surface area contributed by atoms with Gasteiger partial charge in [-0.2, -0.15) is 5.26 Å². The molecule has 2 N–H and O–H groups in total. The lowest BCUT2D eigenvalue weighted by Crippen LogP contribution is -2.24. The highest BCUT2D eigenvalue weighted by Crippen LogP contribution is 2.26. The highest BCUT2D eigenvalue weighted by Gasteiger charge is 2.13. The standard InChI is InChI=1S/C14H13N5/c15-8-13-14(18-7-6-17-13)19-12-3-1-2-10-9-16-5-4-11(10)12/h1-3,6-7,16H,4-5,9H2,(H,18,19). The molecule has 2 aromatic rings. The highest BCUT2D eigenvalue weighted by atomic mass is 15.0. The molecule has 1 aliphatic heterocycles. The predicted octanol–water partition coefficient (Wildman–Crippen LogP) is 1.74. The molecule has 1 aliphatic rings. The third-order valence-corrected chi connectivity index (χ3v) is 3.20. The molecule has 1 aromatic heterocycles. The Morgan fingerprint density at radius 3 is 3.05 bits per heavy atom. The number of nitrogens with zero attached hydrogens (tertiary/aromatic N) is 3. The van der Waals surface area contributed by atoms with Crippen LogP contribution in [0.3, 0.4) is 0 Å². The van der Waals surface area contributed by atoms with Crippen LogP contribution in [0.15, 0.2) is 30.6 Å². The van der Waals surface area contributed by atoms with Crippen molar-refractivity contribution in [2.24, 2.45) is 0 Å². The van der Waals surface area contributed by atoms with Crippen LogP contribution in [0.1, 0.15) is 16.8 Å². The molecule has 0 amide bonds. The van der Waals surface area contributed by atoms with Gasteiger partial charge >= 0.3 is 0 Å². The largest absolute Gasteiger partial charge is 0.338 e. The lowest BCUT2D eigenvalue weighted by molar-refractivity contribution is 0.645. The van der Waals surface area contributed by atoms with E-state index in [9.17, 15) is 0 Å². The Hall–Kier alpha value is -2.45. The second-order valence-electron chi connectivity index (χ2n) is 4.36. The minimum atomic E-state index is 0.314. The SMILES string of the molecule is N#Cc1nccnc1Nc1cccc2c1CCNC2. The average molecular weight is 251 g/mol. The van der Waals surface area contributed by atoms with Crippen molar-refractivity contribution in [3.05, 3.63) is 47.4 Å². The van der Waals surface area contributed by atoms with E-state index < -0.39 is 0 Å². The van der Waals surface area contributed by atoms with Crippen molar-refractivity contribution in [3.63, 3.8) is 0 Å². The maximum atomic E-state index is 9.03. The van der Waals surface area contributed by atoms with E-state index in [4.69, 9.17) is 5.26 Å². The third-order valence-electron chi connectivity index (χ3n) is 3.20. The smallest absolute Gasteiger partial charge is 0.183 e. The number of hydrogen-bond donors (Lipinski definition) is 2. The second-order valence-corrected chi connectivity index (χ2v) is 4.36. The van der Waals surface area contributed by atoms with E-state index in [1.54, 1.807) is 6.20 Å². The summed E-state index contributed by atoms with van der Waals surface area (Å²) < 4.78 is 0. The summed E-state index contributed by atoms with van der Waals surface area (Å²) in [6.45, 7) is 1.85. The maximum absolute atomic E-state index is 9.03. The van der Waals surface area contributed by atoms with E-state index in [1.165, 1.54) is 17.3 Å². The molecular formula is C14H13N5. The Morgan fingerprint density at radius 1 is 1.26 bits per heavy atom. The Bertz CT molecular complexity index is 645. The fourth-order valence-corrected chi connectivity index (χ4v) is 2.29. The quantitative estimate of drug-likeness (QED) is 0.850. The number of nitriles is 1. The Balaban J connectivity index is 1.98. The minimum Gasteiger partial charge on any atom is -0.338 e. The molecule has 0 radical (unpaired) electrons. The van der Waals surface area contributed by atoms with Crippen LogP contribution >= 0.6 is 0 Å². The highest BCUT2D eigenvalue weighted by molar-refractivity contribution is 5.65. The molecule has 2 heterocycles. The summed E-state index contributed by atoms with van der Waals surface area (Å²) in [7, 11) is 0. The molecule has 0 fully saturated rings. The Morgan fingerprint density at radius 2 is 2.16 bits per heavy atom. The molecule has 1 aromatic carbocycles. The van der Waals surface area contributed by atoms with Crippen molar-refractivity contribution in [2.45, 2.75) is 13.0 Å². The van der Waals surface area contributed by atoms with Crippen molar-refractivity contribution >= 4 is 11.5 Å². The van der Waals surface area contributed by atoms with E-state index in [2.05, 4.69) is 26.7 Å². The summed E-state index contributed by atoms with van der Waals surface area (Å²) in [5, 5.41) is 15.6. The number of nitrogens with one attached hydrogen (secondary N) is 2. The van der Waals surface area contributed by atoms with Gasteiger partial charge in [0.1, 0.15) is 6.07 Å². The lowest BCUT2D eigenvalue weighted by Gasteiger charge is -2.20. The van der Waals surface area contributed by atoms with Crippen LogP contribution in [-0.2, 0) is 13.0 Å². The van der Waals surface area contributed by atoms with Gasteiger partial charge in [0.15, 0.2) is 11.5 Å². The van der Waals surface area contributed by atoms with Crippen LogP contribution in [0.4, 0.5) is 11.5 Å². The topological polar surface area (TPSA) is 73.6 Å². The maximum Gasteiger partial charge on any atom is 0.183 e. The van der Waals surface area contributed by atoms with Crippen molar-refractivity contribution in [1.82, 2.24) is 15.3 Å². The zero-order valence-electron chi connectivity index (χ0n) is 10.3. The molecule has 0 saturated carbocycles. The predicted molar refractivity (Wildman–Crippen MR) is 71.9 cm³/mol. The van der Waals surface area contributed by atoms with Gasteiger partial charge in [-0.3, -0.25) is 0 Å². The van der Waals surface area contributed by atoms with Gasteiger partial charge in [0.2, 0.25) is 0 Å². The molecule has 5 nitrogen and oxygen atoms in total. The van der Waals surface area contributed by atoms with Gasteiger partial charge in [-0.05, 0) is 30.2 Å². The molecule has 0 atom stereocenters. The van der Waals surface area contributed by atoms with Crippen molar-refractivity contribution < 1.29 is 0 Å². The number of benzene rings is 1. The number of aromatic nitrogens is 2. The van der Waals surface area contributed by atoms with E-state index in [-0.39, 0.29) is 0 Å². The number of hydrogen-bond acceptors (Lipinski definition) is 5. The first-order valence-electron chi connectivity index (χ1n) is 6.18. The summed E-state index contributed by atoms with van der Waals surface area (Å²) in [6.07, 6.45) is 4.08. The number of fused-ring (bicyclic) bond motifs is 1. The second kappa shape index (κ2) is 5.04. The molecule has 0 bridgehead atoms. The molecule has 3 rings (SSSR count). The molecule has 0 aliphatic carbocycles. The first kappa shape index (κ1) is 11.6. The van der Waals surface area contributed by atoms with Gasteiger partial charge in [0.05, 0.1) is 0 Å². The summed E-state index contributed by atoms with van der Waals surface area (Å²) >= 11 is 0. The van der Waals surface area contributed by atoms with Crippen LogP contribution in [0.5, 0.6) is 0 Å². The zero-order valence-corrected chi connectivity index (χ0v) is 10.3. The van der Waals surface area contributed by atoms with Gasteiger partial charge in [0.25, 0.3) is 0 Å². The molecular weight excluding hydrogens is 238 g/mol. The molecule has 94 valence electrons. The normalized spacial score (nSPS) is 13.4. The monoisotopic (exact) mass is 251 g/mol. The fraction of sp³-hybridized carbons (Fsp3) is 0.214. The molecule has 0 spiro atoms. The summed E-state index contributed by atoms with van der Waals surface area (Å²) in [5.74, 6) is 0.511. The van der Waals surface area contributed by atoms with Crippen LogP contribution in [0.2, 0.25) is 0 Å². The van der Waals surface area contributed by atoms with Gasteiger partial charge in [0, 0.05) is 24.6 Å². The molecule has 0 unspecified atom stereocenters. The van der Waals surface area contributed by atoms with Crippen LogP contribution in [0.25, 0.3) is 0 Å². The van der Waals surface area contributed by atoms with Crippen molar-refractivity contribution in [3.8, 4) is 6.07 Å². The van der Waals surface area contributed by atoms with Crippen LogP contribution in [-0.4, -0.2) is 16.5 Å². The van der Waals surface area contributed by atoms with E-state index in [0.29, 0.717) is 11.5 Å². The van der Waals surface area contributed by atoms with E-state index in [0.717, 1.165) is 25.2 Å². The third kappa shape index (κ3) is 2.26. The van der Waals surface area contributed by atoms with Crippen molar-refractivity contribution in [1.29, 1.82) is 5.26 Å². The fourth-order valence-electron chi connectivity index (χ4n) is 2.29. The van der Waals surface area contributed by atoms with Gasteiger partial charge in [-0.25, -0.2) is 9.97 Å². The van der Waals surface area contributed by atoms with E-state index in [1.807, 2.05) is 18.2 Å².